The zero-order valence-corrected chi connectivity index (χ0v) is 21.6. The maximum Gasteiger partial charge on any atom is 0.0249 e. The largest absolute Gasteiger partial charge is 0.0995 e. The summed E-state index contributed by atoms with van der Waals surface area (Å²) in [6, 6.07) is 32.4. The Morgan fingerprint density at radius 2 is 1.39 bits per heavy atom. The third-order valence-electron chi connectivity index (χ3n) is 7.27. The number of benzene rings is 3. The van der Waals surface area contributed by atoms with E-state index in [1.54, 1.807) is 0 Å². The molecule has 0 bridgehead atoms. The van der Waals surface area contributed by atoms with Gasteiger partial charge in [-0.15, -0.1) is 0 Å². The Balaban J connectivity index is 1.38. The third kappa shape index (κ3) is 6.52. The molecule has 1 aliphatic rings. The van der Waals surface area contributed by atoms with Crippen LogP contribution in [-0.2, 0) is 0 Å². The molecule has 0 nitrogen and oxygen atoms in total. The predicted octanol–water partition coefficient (Wildman–Crippen LogP) is 10.1. The van der Waals surface area contributed by atoms with Gasteiger partial charge >= 0.3 is 0 Å². The lowest BCUT2D eigenvalue weighted by molar-refractivity contribution is 0.712. The van der Waals surface area contributed by atoms with E-state index in [1.807, 2.05) is 0 Å². The lowest BCUT2D eigenvalue weighted by Crippen LogP contribution is -2.03. The molecule has 0 heteroatoms. The molecule has 0 aliphatic heterocycles. The topological polar surface area (TPSA) is 0 Å². The van der Waals surface area contributed by atoms with Crippen molar-refractivity contribution in [2.45, 2.75) is 50.4 Å². The zero-order valence-electron chi connectivity index (χ0n) is 21.6. The van der Waals surface area contributed by atoms with Crippen molar-refractivity contribution in [3.8, 4) is 0 Å². The van der Waals surface area contributed by atoms with Crippen LogP contribution in [0.15, 0.2) is 151 Å². The SMILES string of the molecule is C=C(C/C=C/C1=CC(c2ccccc2)CC1c1ccccc1)CCC(=C)C(C(=C)C)c1ccccc1. The molecular formula is C36H38. The average Bonchev–Trinajstić information content (AvgIpc) is 3.33. The summed E-state index contributed by atoms with van der Waals surface area (Å²) >= 11 is 0. The first kappa shape index (κ1) is 25.5. The number of hydrogen-bond acceptors (Lipinski definition) is 0. The normalized spacial score (nSPS) is 18.1. The highest BCUT2D eigenvalue weighted by atomic mass is 14.3. The monoisotopic (exact) mass is 470 g/mol. The van der Waals surface area contributed by atoms with E-state index in [1.165, 1.54) is 33.4 Å². The van der Waals surface area contributed by atoms with E-state index in [-0.39, 0.29) is 5.92 Å². The fourth-order valence-electron chi connectivity index (χ4n) is 5.38. The summed E-state index contributed by atoms with van der Waals surface area (Å²) < 4.78 is 0. The second-order valence-electron chi connectivity index (χ2n) is 10.1. The van der Waals surface area contributed by atoms with Crippen LogP contribution in [0, 0.1) is 0 Å². The van der Waals surface area contributed by atoms with Crippen LogP contribution < -0.4 is 0 Å². The molecule has 0 N–H and O–H groups in total. The summed E-state index contributed by atoms with van der Waals surface area (Å²) in [6.07, 6.45) is 11.0. The van der Waals surface area contributed by atoms with Crippen molar-refractivity contribution >= 4 is 0 Å². The Hall–Kier alpha value is -3.64. The highest BCUT2D eigenvalue weighted by molar-refractivity contribution is 5.43. The molecule has 4 rings (SSSR count). The van der Waals surface area contributed by atoms with Crippen LogP contribution >= 0.6 is 0 Å². The Labute approximate surface area is 218 Å². The average molecular weight is 471 g/mol. The molecule has 3 aromatic carbocycles. The molecule has 0 saturated carbocycles. The Bertz CT molecular complexity index is 1220. The van der Waals surface area contributed by atoms with Crippen LogP contribution in [-0.4, -0.2) is 0 Å². The second kappa shape index (κ2) is 12.4. The first-order valence-corrected chi connectivity index (χ1v) is 13.1. The Kier molecular flexibility index (Phi) is 8.74. The van der Waals surface area contributed by atoms with E-state index in [0.717, 1.165) is 31.3 Å². The fourth-order valence-corrected chi connectivity index (χ4v) is 5.38. The quantitative estimate of drug-likeness (QED) is 0.245. The second-order valence-corrected chi connectivity index (χ2v) is 10.1. The number of hydrogen-bond donors (Lipinski definition) is 0. The molecule has 0 radical (unpaired) electrons. The van der Waals surface area contributed by atoms with Gasteiger partial charge in [-0.05, 0) is 54.9 Å². The van der Waals surface area contributed by atoms with Crippen molar-refractivity contribution in [1.82, 2.24) is 0 Å². The van der Waals surface area contributed by atoms with Crippen LogP contribution in [0.4, 0.5) is 0 Å². The van der Waals surface area contributed by atoms with Gasteiger partial charge in [0, 0.05) is 17.8 Å². The van der Waals surface area contributed by atoms with Gasteiger partial charge in [0.25, 0.3) is 0 Å². The Morgan fingerprint density at radius 3 is 2.00 bits per heavy atom. The van der Waals surface area contributed by atoms with Gasteiger partial charge in [-0.3, -0.25) is 0 Å². The highest BCUT2D eigenvalue weighted by Gasteiger charge is 2.27. The van der Waals surface area contributed by atoms with E-state index in [4.69, 9.17) is 0 Å². The van der Waals surface area contributed by atoms with Gasteiger partial charge < -0.3 is 0 Å². The van der Waals surface area contributed by atoms with Crippen molar-refractivity contribution < 1.29 is 0 Å². The van der Waals surface area contributed by atoms with Gasteiger partial charge in [0.15, 0.2) is 0 Å². The molecule has 182 valence electrons. The molecule has 3 aromatic rings. The van der Waals surface area contributed by atoms with E-state index >= 15 is 0 Å². The van der Waals surface area contributed by atoms with Crippen LogP contribution in [0.3, 0.4) is 0 Å². The first-order chi connectivity index (χ1) is 17.5. The lowest BCUT2D eigenvalue weighted by Gasteiger charge is -2.21. The minimum atomic E-state index is 0.208. The Morgan fingerprint density at radius 1 is 0.806 bits per heavy atom. The highest BCUT2D eigenvalue weighted by Crippen LogP contribution is 2.43. The fraction of sp³-hybridized carbons (Fsp3) is 0.222. The maximum absolute atomic E-state index is 4.42. The van der Waals surface area contributed by atoms with Crippen molar-refractivity contribution in [3.05, 3.63) is 168 Å². The minimum absolute atomic E-state index is 0.208. The molecule has 0 aromatic heterocycles. The molecule has 3 unspecified atom stereocenters. The molecule has 0 heterocycles. The molecule has 36 heavy (non-hydrogen) atoms. The minimum Gasteiger partial charge on any atom is -0.0995 e. The van der Waals surface area contributed by atoms with Gasteiger partial charge in [-0.1, -0.05) is 146 Å². The summed E-state index contributed by atoms with van der Waals surface area (Å²) in [6.45, 7) is 15.1. The standard InChI is InChI=1S/C36H38/c1-27(2)36(32-20-12-7-13-21-32)29(4)24-23-28(3)15-14-22-33-25-34(30-16-8-5-9-17-30)26-35(33)31-18-10-6-11-19-31/h5-14,16-22,25,34-36H,1,3-4,15,23-24,26H2,2H3/b22-14+. The van der Waals surface area contributed by atoms with Crippen LogP contribution in [0.5, 0.6) is 0 Å². The first-order valence-electron chi connectivity index (χ1n) is 13.1. The molecule has 0 saturated heterocycles. The summed E-state index contributed by atoms with van der Waals surface area (Å²) in [5.74, 6) is 1.10. The van der Waals surface area contributed by atoms with Crippen LogP contribution in [0.1, 0.15) is 67.1 Å². The third-order valence-corrected chi connectivity index (χ3v) is 7.27. The van der Waals surface area contributed by atoms with Crippen molar-refractivity contribution in [2.24, 2.45) is 0 Å². The predicted molar refractivity (Wildman–Crippen MR) is 156 cm³/mol. The summed E-state index contributed by atoms with van der Waals surface area (Å²) in [5.41, 5.74) is 9.09. The lowest BCUT2D eigenvalue weighted by atomic mass is 9.84. The van der Waals surface area contributed by atoms with Gasteiger partial charge in [-0.2, -0.15) is 0 Å². The number of allylic oxidation sites excluding steroid dienone is 7. The van der Waals surface area contributed by atoms with Gasteiger partial charge in [0.2, 0.25) is 0 Å². The number of rotatable bonds is 11. The van der Waals surface area contributed by atoms with Crippen LogP contribution in [0.25, 0.3) is 0 Å². The van der Waals surface area contributed by atoms with Crippen molar-refractivity contribution in [2.75, 3.05) is 0 Å². The van der Waals surface area contributed by atoms with Crippen molar-refractivity contribution in [3.63, 3.8) is 0 Å². The summed E-state index contributed by atoms with van der Waals surface area (Å²) in [4.78, 5) is 0. The molecule has 3 atom stereocenters. The van der Waals surface area contributed by atoms with Gasteiger partial charge in [0.05, 0.1) is 0 Å². The molecule has 1 aliphatic carbocycles. The van der Waals surface area contributed by atoms with E-state index in [2.05, 4.69) is 136 Å². The van der Waals surface area contributed by atoms with E-state index < -0.39 is 0 Å². The van der Waals surface area contributed by atoms with Gasteiger partial charge in [0.1, 0.15) is 0 Å². The summed E-state index contributed by atoms with van der Waals surface area (Å²) in [5, 5.41) is 0. The van der Waals surface area contributed by atoms with Crippen molar-refractivity contribution in [1.29, 1.82) is 0 Å². The smallest absolute Gasteiger partial charge is 0.0249 e. The summed E-state index contributed by atoms with van der Waals surface area (Å²) in [7, 11) is 0. The zero-order chi connectivity index (χ0) is 25.3. The maximum atomic E-state index is 4.42. The molecule has 0 spiro atoms. The molecule has 0 fully saturated rings. The van der Waals surface area contributed by atoms with Gasteiger partial charge in [-0.25, -0.2) is 0 Å². The molecular weight excluding hydrogens is 432 g/mol. The van der Waals surface area contributed by atoms with E-state index in [0.29, 0.717) is 11.8 Å². The van der Waals surface area contributed by atoms with E-state index in [9.17, 15) is 0 Å². The van der Waals surface area contributed by atoms with Crippen LogP contribution in [0.2, 0.25) is 0 Å². The molecule has 0 amide bonds.